The van der Waals surface area contributed by atoms with E-state index in [1.807, 2.05) is 30.3 Å². The number of benzene rings is 2. The van der Waals surface area contributed by atoms with Gasteiger partial charge in [0.1, 0.15) is 0 Å². The first-order valence-corrected chi connectivity index (χ1v) is 9.89. The second-order valence-electron chi connectivity index (χ2n) is 7.09. The first-order chi connectivity index (χ1) is 14.7. The Bertz CT molecular complexity index is 1020. The van der Waals surface area contributed by atoms with E-state index in [2.05, 4.69) is 15.2 Å². The molecule has 1 N–H and O–H groups in total. The van der Waals surface area contributed by atoms with Gasteiger partial charge in [-0.15, -0.1) is 0 Å². The first-order valence-electron chi connectivity index (χ1n) is 9.89. The molecule has 7 nitrogen and oxygen atoms in total. The predicted molar refractivity (Wildman–Crippen MR) is 113 cm³/mol. The lowest BCUT2D eigenvalue weighted by Gasteiger charge is -2.26. The standard InChI is InChI=1S/C23H23N3O4/c27-22(16-30-23(28)20-3-1-5-21-19(20)4-2-10-24-21)25-18-8-6-17(7-9-18)15-26-11-13-29-14-12-26/h1-10H,11-16H2,(H,25,27). The summed E-state index contributed by atoms with van der Waals surface area (Å²) in [5.41, 5.74) is 2.93. The number of anilines is 1. The van der Waals surface area contributed by atoms with Crippen LogP contribution in [0.25, 0.3) is 10.9 Å². The SMILES string of the molecule is O=C(COC(=O)c1cccc2ncccc12)Nc1ccc(CN2CCOCC2)cc1. The van der Waals surface area contributed by atoms with Crippen molar-refractivity contribution in [1.82, 2.24) is 9.88 Å². The molecule has 1 aliphatic rings. The van der Waals surface area contributed by atoms with Crippen molar-refractivity contribution in [3.05, 3.63) is 71.9 Å². The van der Waals surface area contributed by atoms with Crippen molar-refractivity contribution in [1.29, 1.82) is 0 Å². The lowest BCUT2D eigenvalue weighted by molar-refractivity contribution is -0.119. The molecule has 1 saturated heterocycles. The van der Waals surface area contributed by atoms with Gasteiger partial charge in [-0.1, -0.05) is 24.3 Å². The van der Waals surface area contributed by atoms with Gasteiger partial charge in [0.05, 0.1) is 24.3 Å². The number of rotatable bonds is 6. The summed E-state index contributed by atoms with van der Waals surface area (Å²) in [5.74, 6) is -0.938. The molecule has 30 heavy (non-hydrogen) atoms. The van der Waals surface area contributed by atoms with Crippen LogP contribution in [0.4, 0.5) is 5.69 Å². The highest BCUT2D eigenvalue weighted by Crippen LogP contribution is 2.17. The summed E-state index contributed by atoms with van der Waals surface area (Å²) in [6.07, 6.45) is 1.66. The molecule has 7 heteroatoms. The molecule has 2 heterocycles. The van der Waals surface area contributed by atoms with Gasteiger partial charge < -0.3 is 14.8 Å². The number of aromatic nitrogens is 1. The van der Waals surface area contributed by atoms with Crippen LogP contribution in [0.1, 0.15) is 15.9 Å². The molecular weight excluding hydrogens is 382 g/mol. The normalized spacial score (nSPS) is 14.4. The lowest BCUT2D eigenvalue weighted by atomic mass is 10.1. The van der Waals surface area contributed by atoms with E-state index in [1.54, 1.807) is 30.5 Å². The van der Waals surface area contributed by atoms with E-state index < -0.39 is 5.97 Å². The summed E-state index contributed by atoms with van der Waals surface area (Å²) in [6, 6.07) is 16.5. The fraction of sp³-hybridized carbons (Fsp3) is 0.261. The number of nitrogens with zero attached hydrogens (tertiary/aromatic N) is 2. The van der Waals surface area contributed by atoms with Crippen LogP contribution in [0.5, 0.6) is 0 Å². The lowest BCUT2D eigenvalue weighted by Crippen LogP contribution is -2.35. The Kier molecular flexibility index (Phi) is 6.32. The van der Waals surface area contributed by atoms with Crippen LogP contribution in [0.15, 0.2) is 60.8 Å². The molecule has 1 aliphatic heterocycles. The van der Waals surface area contributed by atoms with Crippen molar-refractivity contribution in [3.8, 4) is 0 Å². The molecule has 0 radical (unpaired) electrons. The van der Waals surface area contributed by atoms with Gasteiger partial charge in [0, 0.05) is 36.9 Å². The van der Waals surface area contributed by atoms with Crippen molar-refractivity contribution in [2.75, 3.05) is 38.2 Å². The number of nitrogens with one attached hydrogen (secondary N) is 1. The molecule has 0 bridgehead atoms. The molecule has 1 fully saturated rings. The van der Waals surface area contributed by atoms with Gasteiger partial charge in [0.25, 0.3) is 5.91 Å². The first kappa shape index (κ1) is 20.0. The molecule has 1 amide bonds. The summed E-state index contributed by atoms with van der Waals surface area (Å²) in [5, 5.41) is 3.45. The Hall–Kier alpha value is -3.29. The Morgan fingerprint density at radius 2 is 1.83 bits per heavy atom. The fourth-order valence-electron chi connectivity index (χ4n) is 3.40. The molecule has 0 unspecified atom stereocenters. The van der Waals surface area contributed by atoms with Crippen LogP contribution in [0, 0.1) is 0 Å². The van der Waals surface area contributed by atoms with Gasteiger partial charge in [0.15, 0.2) is 6.61 Å². The third kappa shape index (κ3) is 5.00. The maximum atomic E-state index is 12.4. The highest BCUT2D eigenvalue weighted by Gasteiger charge is 2.14. The maximum absolute atomic E-state index is 12.4. The zero-order valence-corrected chi connectivity index (χ0v) is 16.5. The highest BCUT2D eigenvalue weighted by molar-refractivity contribution is 6.04. The zero-order chi connectivity index (χ0) is 20.8. The van der Waals surface area contributed by atoms with Crippen LogP contribution in [-0.2, 0) is 20.8 Å². The Labute approximate surface area is 174 Å². The summed E-state index contributed by atoms with van der Waals surface area (Å²) in [4.78, 5) is 31.2. The van der Waals surface area contributed by atoms with Crippen LogP contribution >= 0.6 is 0 Å². The average Bonchev–Trinajstić information content (AvgIpc) is 2.79. The molecule has 2 aromatic carbocycles. The van der Waals surface area contributed by atoms with E-state index in [0.717, 1.165) is 32.8 Å². The highest BCUT2D eigenvalue weighted by atomic mass is 16.5. The fourth-order valence-corrected chi connectivity index (χ4v) is 3.40. The number of morpholine rings is 1. The second-order valence-corrected chi connectivity index (χ2v) is 7.09. The largest absolute Gasteiger partial charge is 0.452 e. The molecule has 3 aromatic rings. The Morgan fingerprint density at radius 3 is 2.63 bits per heavy atom. The van der Waals surface area contributed by atoms with Crippen molar-refractivity contribution in [3.63, 3.8) is 0 Å². The van der Waals surface area contributed by atoms with Gasteiger partial charge >= 0.3 is 5.97 Å². The minimum Gasteiger partial charge on any atom is -0.452 e. The average molecular weight is 405 g/mol. The summed E-state index contributed by atoms with van der Waals surface area (Å²) in [7, 11) is 0. The van der Waals surface area contributed by atoms with E-state index in [1.165, 1.54) is 5.56 Å². The number of pyridine rings is 1. The van der Waals surface area contributed by atoms with Crippen LogP contribution < -0.4 is 5.32 Å². The van der Waals surface area contributed by atoms with E-state index >= 15 is 0 Å². The maximum Gasteiger partial charge on any atom is 0.339 e. The minimum absolute atomic E-state index is 0.356. The van der Waals surface area contributed by atoms with E-state index in [0.29, 0.717) is 22.2 Å². The quantitative estimate of drug-likeness (QED) is 0.635. The number of fused-ring (bicyclic) bond motifs is 1. The number of amides is 1. The van der Waals surface area contributed by atoms with Crippen LogP contribution in [-0.4, -0.2) is 54.7 Å². The van der Waals surface area contributed by atoms with Crippen LogP contribution in [0.3, 0.4) is 0 Å². The van der Waals surface area contributed by atoms with Crippen molar-refractivity contribution >= 4 is 28.5 Å². The van der Waals surface area contributed by atoms with Crippen molar-refractivity contribution in [2.24, 2.45) is 0 Å². The number of carbonyl (C=O) groups excluding carboxylic acids is 2. The van der Waals surface area contributed by atoms with Crippen molar-refractivity contribution < 1.29 is 19.1 Å². The third-order valence-electron chi connectivity index (χ3n) is 4.95. The van der Waals surface area contributed by atoms with Gasteiger partial charge in [-0.05, 0) is 35.9 Å². The smallest absolute Gasteiger partial charge is 0.339 e. The summed E-state index contributed by atoms with van der Waals surface area (Å²) < 4.78 is 10.6. The van der Waals surface area contributed by atoms with Gasteiger partial charge in [-0.25, -0.2) is 4.79 Å². The van der Waals surface area contributed by atoms with Gasteiger partial charge in [-0.2, -0.15) is 0 Å². The third-order valence-corrected chi connectivity index (χ3v) is 4.95. The summed E-state index contributed by atoms with van der Waals surface area (Å²) >= 11 is 0. The van der Waals surface area contributed by atoms with Gasteiger partial charge in [0.2, 0.25) is 0 Å². The molecule has 154 valence electrons. The molecule has 0 aliphatic carbocycles. The van der Waals surface area contributed by atoms with Crippen LogP contribution in [0.2, 0.25) is 0 Å². The number of hydrogen-bond acceptors (Lipinski definition) is 6. The molecule has 0 saturated carbocycles. The Morgan fingerprint density at radius 1 is 1.03 bits per heavy atom. The van der Waals surface area contributed by atoms with E-state index in [-0.39, 0.29) is 12.5 Å². The minimum atomic E-state index is -0.551. The van der Waals surface area contributed by atoms with Crippen molar-refractivity contribution in [2.45, 2.75) is 6.54 Å². The monoisotopic (exact) mass is 405 g/mol. The topological polar surface area (TPSA) is 80.8 Å². The summed E-state index contributed by atoms with van der Waals surface area (Å²) in [6.45, 7) is 3.89. The number of carbonyl (C=O) groups is 2. The second kappa shape index (κ2) is 9.47. The molecule has 0 spiro atoms. The van der Waals surface area contributed by atoms with E-state index in [4.69, 9.17) is 9.47 Å². The number of ether oxygens (including phenoxy) is 2. The number of esters is 1. The van der Waals surface area contributed by atoms with E-state index in [9.17, 15) is 9.59 Å². The molecular formula is C23H23N3O4. The number of hydrogen-bond donors (Lipinski definition) is 1. The zero-order valence-electron chi connectivity index (χ0n) is 16.5. The molecule has 0 atom stereocenters. The molecule has 4 rings (SSSR count). The Balaban J connectivity index is 1.29. The predicted octanol–water partition coefficient (Wildman–Crippen LogP) is 2.86. The molecule has 1 aromatic heterocycles. The van der Waals surface area contributed by atoms with Gasteiger partial charge in [-0.3, -0.25) is 14.7 Å².